The third kappa shape index (κ3) is 10.7. The average molecular weight is 907 g/mol. The Hall–Kier alpha value is -6.67. The van der Waals surface area contributed by atoms with Crippen LogP contribution >= 0.6 is 0 Å². The molecule has 0 bridgehead atoms. The molecule has 1 aromatic heterocycles. The van der Waals surface area contributed by atoms with E-state index in [1.54, 1.807) is 30.5 Å². The van der Waals surface area contributed by atoms with Gasteiger partial charge in [-0.3, -0.25) is 34.0 Å². The molecule has 2 saturated heterocycles. The van der Waals surface area contributed by atoms with Gasteiger partial charge in [-0.15, -0.1) is 0 Å². The SMILES string of the molecule is CC.CNC(=O)C(CCC=O)N1C(=O)c2ccc(N3CCN(CC4CCN(c5cc(F)c(NC(C)CN(c6ccc(C#N)c7ncccc67)C(C)CNC=O)cc5F)CC4)CC3)cc2C1=O. The van der Waals surface area contributed by atoms with Crippen LogP contribution in [0, 0.1) is 28.9 Å². The number of aromatic nitrogens is 1. The fourth-order valence-electron chi connectivity index (χ4n) is 9.25. The Morgan fingerprint density at radius 3 is 2.35 bits per heavy atom. The number of carbonyl (C=O) groups excluding carboxylic acids is 5. The van der Waals surface area contributed by atoms with E-state index in [0.717, 1.165) is 54.1 Å². The number of pyridine rings is 1. The lowest BCUT2D eigenvalue weighted by Gasteiger charge is -2.40. The molecule has 17 heteroatoms. The Labute approximate surface area is 385 Å². The quantitative estimate of drug-likeness (QED) is 0.0837. The van der Waals surface area contributed by atoms with Gasteiger partial charge in [-0.1, -0.05) is 13.8 Å². The number of nitrogens with zero attached hydrogens (tertiary/aromatic N) is 7. The summed E-state index contributed by atoms with van der Waals surface area (Å²) in [6, 6.07) is 15.5. The van der Waals surface area contributed by atoms with E-state index in [1.807, 2.05) is 50.8 Å². The van der Waals surface area contributed by atoms with E-state index >= 15 is 8.78 Å². The molecule has 66 heavy (non-hydrogen) atoms. The first-order valence-corrected chi connectivity index (χ1v) is 22.8. The summed E-state index contributed by atoms with van der Waals surface area (Å²) in [6.45, 7) is 13.6. The lowest BCUT2D eigenvalue weighted by Crippen LogP contribution is -2.49. The van der Waals surface area contributed by atoms with Gasteiger partial charge >= 0.3 is 0 Å². The van der Waals surface area contributed by atoms with Gasteiger partial charge in [0.1, 0.15) is 30.0 Å². The maximum absolute atomic E-state index is 15.8. The maximum Gasteiger partial charge on any atom is 0.262 e. The summed E-state index contributed by atoms with van der Waals surface area (Å²) >= 11 is 0. The minimum absolute atomic E-state index is 0.0385. The number of carbonyl (C=O) groups is 5. The number of piperazine rings is 1. The molecule has 0 aliphatic carbocycles. The van der Waals surface area contributed by atoms with Crippen molar-refractivity contribution in [1.29, 1.82) is 5.26 Å². The molecule has 4 heterocycles. The van der Waals surface area contributed by atoms with Crippen LogP contribution in [0.4, 0.5) is 31.5 Å². The van der Waals surface area contributed by atoms with Crippen LogP contribution in [0.3, 0.4) is 0 Å². The van der Waals surface area contributed by atoms with Crippen LogP contribution in [-0.4, -0.2) is 129 Å². The highest BCUT2D eigenvalue weighted by Gasteiger charge is 2.43. The van der Waals surface area contributed by atoms with Crippen LogP contribution in [0.25, 0.3) is 10.9 Å². The Morgan fingerprint density at radius 1 is 0.939 bits per heavy atom. The van der Waals surface area contributed by atoms with Gasteiger partial charge in [0.15, 0.2) is 0 Å². The number of hydrogen-bond acceptors (Lipinski definition) is 12. The fourth-order valence-corrected chi connectivity index (χ4v) is 9.25. The largest absolute Gasteiger partial charge is 0.378 e. The van der Waals surface area contributed by atoms with Crippen LogP contribution in [0.2, 0.25) is 0 Å². The van der Waals surface area contributed by atoms with Crippen molar-refractivity contribution >= 4 is 64.1 Å². The van der Waals surface area contributed by atoms with Gasteiger partial charge in [-0.05, 0) is 81.5 Å². The molecule has 2 fully saturated rings. The molecular weight excluding hydrogens is 847 g/mol. The minimum atomic E-state index is -1.07. The van der Waals surface area contributed by atoms with Crippen molar-refractivity contribution in [2.24, 2.45) is 5.92 Å². The van der Waals surface area contributed by atoms with E-state index < -0.39 is 35.4 Å². The Bertz CT molecular complexity index is 2430. The lowest BCUT2D eigenvalue weighted by atomic mass is 9.95. The summed E-state index contributed by atoms with van der Waals surface area (Å²) < 4.78 is 31.6. The number of fused-ring (bicyclic) bond motifs is 2. The predicted octanol–water partition coefficient (Wildman–Crippen LogP) is 5.58. The van der Waals surface area contributed by atoms with Crippen LogP contribution in [0.1, 0.15) is 79.7 Å². The summed E-state index contributed by atoms with van der Waals surface area (Å²) in [4.78, 5) is 75.4. The van der Waals surface area contributed by atoms with Crippen LogP contribution in [0.15, 0.2) is 60.8 Å². The van der Waals surface area contributed by atoms with Gasteiger partial charge in [-0.25, -0.2) is 8.78 Å². The van der Waals surface area contributed by atoms with Gasteiger partial charge in [0, 0.05) is 120 Å². The zero-order chi connectivity index (χ0) is 47.5. The fraction of sp³-hybridized carbons (Fsp3) is 0.449. The van der Waals surface area contributed by atoms with Crippen LogP contribution in [-0.2, 0) is 14.4 Å². The van der Waals surface area contributed by atoms with Gasteiger partial charge in [-0.2, -0.15) is 5.26 Å². The van der Waals surface area contributed by atoms with E-state index in [9.17, 15) is 29.2 Å². The van der Waals surface area contributed by atoms with Crippen LogP contribution in [0.5, 0.6) is 0 Å². The summed E-state index contributed by atoms with van der Waals surface area (Å²) in [5, 5.41) is 18.8. The number of amides is 4. The number of nitriles is 1. The third-order valence-corrected chi connectivity index (χ3v) is 12.6. The second-order valence-electron chi connectivity index (χ2n) is 16.8. The summed E-state index contributed by atoms with van der Waals surface area (Å²) in [7, 11) is 1.43. The topological polar surface area (TPSA) is 174 Å². The van der Waals surface area contributed by atoms with E-state index in [4.69, 9.17) is 0 Å². The number of hydrogen-bond donors (Lipinski definition) is 3. The van der Waals surface area contributed by atoms with Crippen molar-refractivity contribution in [3.05, 3.63) is 89.1 Å². The Balaban J connectivity index is 0.00000355. The summed E-state index contributed by atoms with van der Waals surface area (Å²) in [5.74, 6) is -2.27. The maximum atomic E-state index is 15.8. The van der Waals surface area contributed by atoms with Crippen molar-refractivity contribution in [2.45, 2.75) is 71.5 Å². The van der Waals surface area contributed by atoms with Crippen molar-refractivity contribution in [3.63, 3.8) is 0 Å². The molecule has 3 N–H and O–H groups in total. The molecule has 3 aromatic carbocycles. The van der Waals surface area contributed by atoms with Gasteiger partial charge < -0.3 is 35.4 Å². The summed E-state index contributed by atoms with van der Waals surface area (Å²) in [5.41, 5.74) is 3.39. The first kappa shape index (κ1) is 48.8. The van der Waals surface area contributed by atoms with Gasteiger partial charge in [0.2, 0.25) is 12.3 Å². The number of halogens is 2. The third-order valence-electron chi connectivity index (χ3n) is 12.6. The number of benzene rings is 3. The smallest absolute Gasteiger partial charge is 0.262 e. The molecule has 15 nitrogen and oxygen atoms in total. The lowest BCUT2D eigenvalue weighted by molar-refractivity contribution is -0.124. The highest BCUT2D eigenvalue weighted by Crippen LogP contribution is 2.34. The first-order chi connectivity index (χ1) is 32.0. The van der Waals surface area contributed by atoms with Gasteiger partial charge in [0.25, 0.3) is 11.8 Å². The Morgan fingerprint density at radius 2 is 1.67 bits per heavy atom. The molecule has 3 atom stereocenters. The predicted molar refractivity (Wildman–Crippen MR) is 252 cm³/mol. The molecule has 3 aliphatic heterocycles. The van der Waals surface area contributed by atoms with Crippen molar-refractivity contribution < 1.29 is 32.8 Å². The summed E-state index contributed by atoms with van der Waals surface area (Å²) in [6.07, 6.45) is 4.67. The first-order valence-electron chi connectivity index (χ1n) is 22.8. The van der Waals surface area contributed by atoms with E-state index in [1.165, 1.54) is 19.2 Å². The highest BCUT2D eigenvalue weighted by molar-refractivity contribution is 6.23. The molecule has 4 amide bonds. The minimum Gasteiger partial charge on any atom is -0.378 e. The number of imide groups is 1. The number of likely N-dealkylation sites (N-methyl/N-ethyl adjacent to an activating group) is 1. The molecule has 0 radical (unpaired) electrons. The second kappa shape index (κ2) is 22.5. The number of aldehydes is 1. The standard InChI is InChI=1S/C47H54F2N10O5.C2H6/c1-30(27-58(31(2)26-52-29-61)41-11-8-33(25-50)44-36(41)6-4-14-53-44)54-40-23-39(49)43(24-38(40)48)57-15-12-32(13-16-57)28-55-17-19-56(20-18-55)34-9-10-35-37(22-34)47(64)59(46(35)63)42(7-5-21-60)45(62)51-3;1-2/h4,6,8-11,14,21-24,29-32,42,54H,5,7,12-13,15-20,26-28H2,1-3H3,(H,51,62)(H,52,61);1-2H3. The van der Waals surface area contributed by atoms with E-state index in [2.05, 4.69) is 41.7 Å². The Kier molecular flexibility index (Phi) is 16.6. The van der Waals surface area contributed by atoms with Crippen molar-refractivity contribution in [1.82, 2.24) is 25.4 Å². The molecular formula is C49H60F2N10O5. The molecule has 0 saturated carbocycles. The van der Waals surface area contributed by atoms with Gasteiger partial charge in [0.05, 0.1) is 33.6 Å². The van der Waals surface area contributed by atoms with Crippen LogP contribution < -0.4 is 30.7 Å². The number of rotatable bonds is 18. The highest BCUT2D eigenvalue weighted by atomic mass is 19.1. The van der Waals surface area contributed by atoms with Crippen molar-refractivity contribution in [3.8, 4) is 6.07 Å². The zero-order valence-corrected chi connectivity index (χ0v) is 38.4. The zero-order valence-electron chi connectivity index (χ0n) is 38.4. The second-order valence-corrected chi connectivity index (χ2v) is 16.8. The van der Waals surface area contributed by atoms with Crippen molar-refractivity contribution in [2.75, 3.05) is 86.0 Å². The monoisotopic (exact) mass is 906 g/mol. The average Bonchev–Trinajstić information content (AvgIpc) is 3.59. The number of nitrogens with one attached hydrogen (secondary N) is 3. The molecule has 350 valence electrons. The van der Waals surface area contributed by atoms with E-state index in [-0.39, 0.29) is 47.4 Å². The molecule has 7 rings (SSSR count). The number of anilines is 4. The molecule has 4 aromatic rings. The normalized spacial score (nSPS) is 16.7. The molecule has 3 aliphatic rings. The molecule has 3 unspecified atom stereocenters. The number of piperidine rings is 1. The molecule has 0 spiro atoms. The van der Waals surface area contributed by atoms with E-state index in [0.29, 0.717) is 69.0 Å².